The molecule has 5 nitrogen and oxygen atoms in total. The van der Waals surface area contributed by atoms with Gasteiger partial charge in [-0.2, -0.15) is 4.31 Å². The van der Waals surface area contributed by atoms with Crippen LogP contribution in [0, 0.1) is 0 Å². The van der Waals surface area contributed by atoms with Gasteiger partial charge in [-0.1, -0.05) is 27.2 Å². The first-order chi connectivity index (χ1) is 8.54. The predicted octanol–water partition coefficient (Wildman–Crippen LogP) is 2.06. The quantitative estimate of drug-likeness (QED) is 0.665. The molecule has 1 aliphatic rings. The molecular formula is C11H13BrN2O3S. The topological polar surface area (TPSA) is 70.0 Å². The number of nitrogens with zero attached hydrogens (tertiary/aromatic N) is 2. The minimum Gasteiger partial charge on any atom is -0.411 e. The maximum Gasteiger partial charge on any atom is 0.243 e. The Balaban J connectivity index is 2.22. The molecule has 1 saturated heterocycles. The van der Waals surface area contributed by atoms with E-state index in [1.807, 2.05) is 0 Å². The van der Waals surface area contributed by atoms with E-state index in [1.54, 1.807) is 24.3 Å². The average Bonchev–Trinajstić information content (AvgIpc) is 2.39. The van der Waals surface area contributed by atoms with Crippen molar-refractivity contribution in [1.82, 2.24) is 4.31 Å². The molecule has 2 rings (SSSR count). The SMILES string of the molecule is O=S(=O)(c1cccc(Br)c1)N1CCC(=NO)CC1. The molecule has 1 fully saturated rings. The first-order valence-electron chi connectivity index (χ1n) is 5.49. The van der Waals surface area contributed by atoms with Crippen LogP contribution in [-0.4, -0.2) is 36.7 Å². The Hall–Kier alpha value is -0.920. The van der Waals surface area contributed by atoms with Gasteiger partial charge >= 0.3 is 0 Å². The maximum atomic E-state index is 12.3. The molecule has 1 N–H and O–H groups in total. The first kappa shape index (κ1) is 13.5. The lowest BCUT2D eigenvalue weighted by atomic mass is 10.1. The number of hydrogen-bond acceptors (Lipinski definition) is 4. The van der Waals surface area contributed by atoms with Crippen LogP contribution < -0.4 is 0 Å². The molecule has 0 bridgehead atoms. The largest absolute Gasteiger partial charge is 0.411 e. The number of benzene rings is 1. The molecule has 18 heavy (non-hydrogen) atoms. The fourth-order valence-electron chi connectivity index (χ4n) is 1.86. The van der Waals surface area contributed by atoms with Crippen molar-refractivity contribution in [3.8, 4) is 0 Å². The van der Waals surface area contributed by atoms with Gasteiger partial charge in [0.05, 0.1) is 10.6 Å². The summed E-state index contributed by atoms with van der Waals surface area (Å²) in [7, 11) is -3.45. The van der Waals surface area contributed by atoms with Gasteiger partial charge in [0.25, 0.3) is 0 Å². The lowest BCUT2D eigenvalue weighted by Crippen LogP contribution is -2.38. The molecule has 1 aliphatic heterocycles. The van der Waals surface area contributed by atoms with Crippen LogP contribution in [0.4, 0.5) is 0 Å². The van der Waals surface area contributed by atoms with Crippen LogP contribution in [0.1, 0.15) is 12.8 Å². The minimum atomic E-state index is -3.45. The normalized spacial score (nSPS) is 17.7. The lowest BCUT2D eigenvalue weighted by Gasteiger charge is -2.26. The van der Waals surface area contributed by atoms with Crippen molar-refractivity contribution >= 4 is 31.7 Å². The molecule has 1 aromatic rings. The number of hydrogen-bond donors (Lipinski definition) is 1. The monoisotopic (exact) mass is 332 g/mol. The van der Waals surface area contributed by atoms with Crippen LogP contribution in [0.3, 0.4) is 0 Å². The second kappa shape index (κ2) is 5.38. The second-order valence-corrected chi connectivity index (χ2v) is 6.88. The number of halogens is 1. The summed E-state index contributed by atoms with van der Waals surface area (Å²) in [5, 5.41) is 11.8. The zero-order valence-electron chi connectivity index (χ0n) is 9.58. The third-order valence-electron chi connectivity index (χ3n) is 2.87. The summed E-state index contributed by atoms with van der Waals surface area (Å²) in [4.78, 5) is 0.279. The molecule has 0 aromatic heterocycles. The molecule has 0 aliphatic carbocycles. The first-order valence-corrected chi connectivity index (χ1v) is 7.73. The molecule has 0 spiro atoms. The third-order valence-corrected chi connectivity index (χ3v) is 5.26. The standard InChI is InChI=1S/C11H13BrN2O3S/c12-9-2-1-3-11(8-9)18(16,17)14-6-4-10(13-15)5-7-14/h1-3,8,15H,4-7H2. The summed E-state index contributed by atoms with van der Waals surface area (Å²) in [6.45, 7) is 0.711. The highest BCUT2D eigenvalue weighted by Gasteiger charge is 2.27. The highest BCUT2D eigenvalue weighted by atomic mass is 79.9. The molecule has 0 unspecified atom stereocenters. The van der Waals surface area contributed by atoms with E-state index in [9.17, 15) is 8.42 Å². The number of rotatable bonds is 2. The van der Waals surface area contributed by atoms with Crippen LogP contribution >= 0.6 is 15.9 Å². The maximum absolute atomic E-state index is 12.3. The van der Waals surface area contributed by atoms with Gasteiger partial charge in [0.2, 0.25) is 10.0 Å². The summed E-state index contributed by atoms with van der Waals surface area (Å²) < 4.78 is 26.8. The van der Waals surface area contributed by atoms with E-state index in [-0.39, 0.29) is 4.90 Å². The van der Waals surface area contributed by atoms with E-state index < -0.39 is 10.0 Å². The Morgan fingerprint density at radius 1 is 1.28 bits per heavy atom. The van der Waals surface area contributed by atoms with Gasteiger partial charge in [-0.15, -0.1) is 0 Å². The van der Waals surface area contributed by atoms with E-state index in [2.05, 4.69) is 21.1 Å². The van der Waals surface area contributed by atoms with Crippen molar-refractivity contribution in [1.29, 1.82) is 0 Å². The zero-order chi connectivity index (χ0) is 13.2. The van der Waals surface area contributed by atoms with Crippen LogP contribution in [0.15, 0.2) is 38.8 Å². The van der Waals surface area contributed by atoms with E-state index in [1.165, 1.54) is 4.31 Å². The van der Waals surface area contributed by atoms with Gasteiger partial charge in [0.1, 0.15) is 0 Å². The lowest BCUT2D eigenvalue weighted by molar-refractivity contribution is 0.310. The molecular weight excluding hydrogens is 320 g/mol. The fraction of sp³-hybridized carbons (Fsp3) is 0.364. The Morgan fingerprint density at radius 3 is 2.50 bits per heavy atom. The van der Waals surface area contributed by atoms with Crippen molar-refractivity contribution in [3.63, 3.8) is 0 Å². The third kappa shape index (κ3) is 2.73. The average molecular weight is 333 g/mol. The second-order valence-electron chi connectivity index (χ2n) is 4.03. The summed E-state index contributed by atoms with van der Waals surface area (Å²) in [6, 6.07) is 6.65. The van der Waals surface area contributed by atoms with Crippen molar-refractivity contribution in [3.05, 3.63) is 28.7 Å². The summed E-state index contributed by atoms with van der Waals surface area (Å²) in [5.74, 6) is 0. The van der Waals surface area contributed by atoms with E-state index in [0.29, 0.717) is 31.6 Å². The van der Waals surface area contributed by atoms with Crippen molar-refractivity contribution in [2.24, 2.45) is 5.16 Å². The Morgan fingerprint density at radius 2 is 1.94 bits per heavy atom. The molecule has 1 aromatic carbocycles. The highest BCUT2D eigenvalue weighted by molar-refractivity contribution is 9.10. The smallest absolute Gasteiger partial charge is 0.243 e. The van der Waals surface area contributed by atoms with Gasteiger partial charge in [-0.05, 0) is 18.2 Å². The van der Waals surface area contributed by atoms with Gasteiger partial charge in [-0.25, -0.2) is 8.42 Å². The zero-order valence-corrected chi connectivity index (χ0v) is 12.0. The van der Waals surface area contributed by atoms with E-state index in [4.69, 9.17) is 5.21 Å². The fourth-order valence-corrected chi connectivity index (χ4v) is 3.90. The molecule has 0 atom stereocenters. The summed E-state index contributed by atoms with van der Waals surface area (Å²) in [6.07, 6.45) is 0.952. The van der Waals surface area contributed by atoms with Gasteiger partial charge < -0.3 is 5.21 Å². The van der Waals surface area contributed by atoms with Gasteiger partial charge in [0.15, 0.2) is 0 Å². The number of oxime groups is 1. The molecule has 98 valence electrons. The molecule has 0 saturated carbocycles. The molecule has 1 heterocycles. The van der Waals surface area contributed by atoms with Gasteiger partial charge in [0, 0.05) is 30.4 Å². The Labute approximate surface area is 114 Å². The molecule has 0 radical (unpaired) electrons. The number of piperidine rings is 1. The summed E-state index contributed by atoms with van der Waals surface area (Å²) in [5.41, 5.74) is 0.649. The van der Waals surface area contributed by atoms with Crippen LogP contribution in [-0.2, 0) is 10.0 Å². The number of sulfonamides is 1. The van der Waals surface area contributed by atoms with E-state index in [0.717, 1.165) is 4.47 Å². The van der Waals surface area contributed by atoms with Crippen molar-refractivity contribution < 1.29 is 13.6 Å². The highest BCUT2D eigenvalue weighted by Crippen LogP contribution is 2.22. The predicted molar refractivity (Wildman–Crippen MR) is 71.4 cm³/mol. The van der Waals surface area contributed by atoms with Gasteiger partial charge in [-0.3, -0.25) is 0 Å². The molecule has 7 heteroatoms. The van der Waals surface area contributed by atoms with Crippen molar-refractivity contribution in [2.45, 2.75) is 17.7 Å². The molecule has 0 amide bonds. The Kier molecular flexibility index (Phi) is 4.04. The minimum absolute atomic E-state index is 0.279. The van der Waals surface area contributed by atoms with Crippen LogP contribution in [0.5, 0.6) is 0 Å². The van der Waals surface area contributed by atoms with Crippen LogP contribution in [0.25, 0.3) is 0 Å². The van der Waals surface area contributed by atoms with Crippen LogP contribution in [0.2, 0.25) is 0 Å². The van der Waals surface area contributed by atoms with E-state index >= 15 is 0 Å². The Bertz CT molecular complexity index is 561. The van der Waals surface area contributed by atoms with Crippen molar-refractivity contribution in [2.75, 3.05) is 13.1 Å². The summed E-state index contributed by atoms with van der Waals surface area (Å²) >= 11 is 3.26.